The lowest BCUT2D eigenvalue weighted by molar-refractivity contribution is -0.385. The Labute approximate surface area is 795 Å². The lowest BCUT2D eigenvalue weighted by Gasteiger charge is -2.24. The molecule has 0 aliphatic rings. The van der Waals surface area contributed by atoms with Crippen molar-refractivity contribution in [1.82, 2.24) is 0 Å². The zero-order valence-electron chi connectivity index (χ0n) is 73.9. The van der Waals surface area contributed by atoms with Gasteiger partial charge in [-0.25, -0.2) is 0 Å². The van der Waals surface area contributed by atoms with Crippen LogP contribution in [0.4, 0.5) is 114 Å². The van der Waals surface area contributed by atoms with Crippen LogP contribution in [-0.2, 0) is 11.3 Å². The van der Waals surface area contributed by atoms with Crippen molar-refractivity contribution in [2.45, 2.75) is 65.8 Å². The molecule has 0 bridgehead atoms. The molecule has 0 unspecified atom stereocenters. The number of halogens is 2. The normalized spacial score (nSPS) is 10.5. The molecule has 0 aromatic heterocycles. The number of non-ortho nitro benzene ring substituents is 5. The highest BCUT2D eigenvalue weighted by Gasteiger charge is 2.18. The number of nitro benzene ring substituents is 5. The molecule has 0 atom stereocenters. The molecule has 0 N–H and O–H groups in total. The van der Waals surface area contributed by atoms with Crippen molar-refractivity contribution in [3.8, 4) is 24.3 Å². The standard InChI is InChI=1S/C23H19N5O3.C22H19N5O2.C17H15Br2N5O2.C17H17N5O2.C17H20N4O2.CH2O/c24-15-4-16-27(17-23(29)18-5-2-1-3-6-18)21-11-7-19(8-12-21)25-26-20-9-13-22(14-10-20)28(30)31;23-15-4-16-26(17-18-5-2-1-3-6-18)21-11-7-19(8-12-21)24-25-20-9-13-22(14-10-20)27(28)29;1-2-23(9-3-8-20)13-6-4-12(5-7-13)21-22-17-15(18)10-14(24(25)26)11-16(17)19;1-2-21(13-3-12-18)16-8-4-14(5-9-16)19-20-15-6-10-17(11-7-15)22(23)24;1-3-4-13-20(2)16-9-5-14(6-10-16)18-19-15-7-11-17(12-8-15)21(22)23;1-2/h1-3,5-14H,4,16-17H2;1-3,5-14H,4,16-17H2;4-7,10-11H,2-3,9H2,1H3;4-11H,2-3,13H2,1H3;5-12H,3-4,13H2,1-2H3;1H2. The van der Waals surface area contributed by atoms with Crippen molar-refractivity contribution in [3.05, 3.63) is 362 Å². The monoisotopic (exact) mass is 1940 g/mol. The van der Waals surface area contributed by atoms with E-state index in [9.17, 15) is 55.4 Å². The van der Waals surface area contributed by atoms with Crippen LogP contribution >= 0.6 is 31.9 Å². The van der Waals surface area contributed by atoms with Gasteiger partial charge in [0.05, 0.1) is 141 Å². The molecule has 36 nitrogen and oxygen atoms in total. The summed E-state index contributed by atoms with van der Waals surface area (Å²) in [5.41, 5.74) is 12.8. The Bertz CT molecular complexity index is 6130. The van der Waals surface area contributed by atoms with Gasteiger partial charge in [-0.2, -0.15) is 67.1 Å². The van der Waals surface area contributed by atoms with E-state index in [0.29, 0.717) is 124 Å². The molecule has 12 rings (SSSR count). The van der Waals surface area contributed by atoms with Gasteiger partial charge in [-0.1, -0.05) is 74.0 Å². The molecule has 0 fully saturated rings. The summed E-state index contributed by atoms with van der Waals surface area (Å²) in [7, 11) is 2.07. The fourth-order valence-corrected chi connectivity index (χ4v) is 13.4. The van der Waals surface area contributed by atoms with Gasteiger partial charge in [0.1, 0.15) is 12.5 Å². The van der Waals surface area contributed by atoms with Gasteiger partial charge in [0, 0.05) is 154 Å². The highest BCUT2D eigenvalue weighted by atomic mass is 79.9. The number of nitro groups is 5. The number of azo groups is 5. The zero-order valence-corrected chi connectivity index (χ0v) is 77.1. The number of nitriles is 4. The number of hydrogen-bond acceptors (Lipinski definition) is 31. The van der Waals surface area contributed by atoms with Crippen LogP contribution in [0.2, 0.25) is 0 Å². The summed E-state index contributed by atoms with van der Waals surface area (Å²) in [5.74, 6) is -0.0273. The summed E-state index contributed by atoms with van der Waals surface area (Å²) in [6.07, 6.45) is 4.02. The maximum Gasteiger partial charge on any atom is 0.271 e. The van der Waals surface area contributed by atoms with E-state index in [1.165, 1.54) is 84.8 Å². The lowest BCUT2D eigenvalue weighted by atomic mass is 10.1. The average Bonchev–Trinajstić information content (AvgIpc) is 0.811. The van der Waals surface area contributed by atoms with Crippen molar-refractivity contribution in [3.63, 3.8) is 0 Å². The van der Waals surface area contributed by atoms with E-state index in [0.717, 1.165) is 60.2 Å². The molecular weight excluding hydrogens is 1850 g/mol. The molecule has 0 aliphatic heterocycles. The Kier molecular flexibility index (Phi) is 44.9. The molecule has 0 amide bonds. The van der Waals surface area contributed by atoms with Crippen molar-refractivity contribution < 1.29 is 34.2 Å². The van der Waals surface area contributed by atoms with Crippen LogP contribution in [0.25, 0.3) is 0 Å². The summed E-state index contributed by atoms with van der Waals surface area (Å²) < 4.78 is 0.959. The maximum absolute atomic E-state index is 12.6. The SMILES string of the molecule is C=O.CCCCN(C)c1ccc(N=Nc2ccc([N+](=O)[O-])cc2)cc1.CCN(CCC#N)c1ccc(N=Nc2c(Br)cc([N+](=O)[O-])cc2Br)cc1.CCN(CCC#N)c1ccc(N=Nc2ccc([N+](=O)[O-])cc2)cc1.N#CCCN(CC(=O)c1ccccc1)c1ccc(N=Nc2ccc([N+](=O)[O-])cc2)cc1.N#CCCN(Cc1ccccc1)c1ccc(N=Nc2ccc([N+](=O)[O-])cc2)cc1. The van der Waals surface area contributed by atoms with E-state index in [1.54, 1.807) is 60.7 Å². The second-order valence-electron chi connectivity index (χ2n) is 28.4. The first-order chi connectivity index (χ1) is 65.4. The summed E-state index contributed by atoms with van der Waals surface area (Å²) >= 11 is 6.57. The average molecular weight is 1950 g/mol. The van der Waals surface area contributed by atoms with Crippen molar-refractivity contribution >= 4 is 158 Å². The largest absolute Gasteiger partial charge is 0.375 e. The first kappa shape index (κ1) is 105. The molecule has 0 radical (unpaired) electrons. The molecule has 0 aliphatic carbocycles. The Morgan fingerprint density at radius 3 is 0.867 bits per heavy atom. The first-order valence-electron chi connectivity index (χ1n) is 41.7. The molecule has 135 heavy (non-hydrogen) atoms. The summed E-state index contributed by atoms with van der Waals surface area (Å²) in [6.45, 7) is 14.2. The van der Waals surface area contributed by atoms with Gasteiger partial charge in [0.2, 0.25) is 0 Å². The highest BCUT2D eigenvalue weighted by molar-refractivity contribution is 9.11. The number of carbonyl (C=O) groups is 2. The van der Waals surface area contributed by atoms with Gasteiger partial charge in [-0.15, -0.1) is 5.11 Å². The van der Waals surface area contributed by atoms with Gasteiger partial charge in [0.25, 0.3) is 28.4 Å². The van der Waals surface area contributed by atoms with Crippen LogP contribution in [0.1, 0.15) is 75.2 Å². The van der Waals surface area contributed by atoms with Gasteiger partial charge in [0.15, 0.2) is 5.78 Å². The fourth-order valence-electron chi connectivity index (χ4n) is 12.1. The number of Topliss-reactive ketones (excluding diaryl/α,β-unsaturated/α-hetero) is 1. The summed E-state index contributed by atoms with van der Waals surface area (Å²) in [4.78, 5) is 82.2. The van der Waals surface area contributed by atoms with Crippen molar-refractivity contribution in [2.24, 2.45) is 51.1 Å². The minimum Gasteiger partial charge on any atom is -0.375 e. The van der Waals surface area contributed by atoms with Crippen LogP contribution in [0.15, 0.2) is 351 Å². The summed E-state index contributed by atoms with van der Waals surface area (Å²) in [5, 5.41) is 130. The molecule has 0 heterocycles. The van der Waals surface area contributed by atoms with E-state index in [4.69, 9.17) is 25.8 Å². The Morgan fingerprint density at radius 2 is 0.585 bits per heavy atom. The number of benzene rings is 12. The first-order valence-corrected chi connectivity index (χ1v) is 43.3. The Morgan fingerprint density at radius 1 is 0.333 bits per heavy atom. The second-order valence-corrected chi connectivity index (χ2v) is 30.1. The second kappa shape index (κ2) is 57.7. The fraction of sp³-hybridized carbons (Fsp3) is 0.196. The van der Waals surface area contributed by atoms with Gasteiger partial charge >= 0.3 is 0 Å². The minimum absolute atomic E-state index is 0.00851. The third-order valence-electron chi connectivity index (χ3n) is 19.2. The minimum atomic E-state index is -0.472. The number of hydrogen-bond donors (Lipinski definition) is 0. The quantitative estimate of drug-likeness (QED) is 0.0150. The summed E-state index contributed by atoms with van der Waals surface area (Å²) in [6, 6.07) is 91.8. The number of ketones is 1. The van der Waals surface area contributed by atoms with E-state index in [-0.39, 0.29) is 40.8 Å². The number of anilines is 5. The van der Waals surface area contributed by atoms with Crippen LogP contribution in [0.3, 0.4) is 0 Å². The van der Waals surface area contributed by atoms with Gasteiger partial charge in [-0.3, -0.25) is 55.4 Å². The molecule has 0 spiro atoms. The molecule has 0 saturated heterocycles. The van der Waals surface area contributed by atoms with Crippen molar-refractivity contribution in [1.29, 1.82) is 21.0 Å². The zero-order chi connectivity index (χ0) is 97.7. The predicted octanol–water partition coefficient (Wildman–Crippen LogP) is 27.6. The lowest BCUT2D eigenvalue weighted by Crippen LogP contribution is -2.30. The maximum atomic E-state index is 12.6. The van der Waals surface area contributed by atoms with Gasteiger partial charge in [-0.05, 0) is 228 Å². The third-order valence-corrected chi connectivity index (χ3v) is 20.4. The van der Waals surface area contributed by atoms with Gasteiger partial charge < -0.3 is 29.3 Å². The van der Waals surface area contributed by atoms with E-state index >= 15 is 0 Å². The van der Waals surface area contributed by atoms with Crippen LogP contribution in [0, 0.1) is 95.9 Å². The van der Waals surface area contributed by atoms with Crippen LogP contribution < -0.4 is 24.5 Å². The van der Waals surface area contributed by atoms with Crippen molar-refractivity contribution in [2.75, 3.05) is 83.9 Å². The molecule has 38 heteroatoms. The number of carbonyl (C=O) groups excluding carboxylic acids is 2. The molecule has 0 saturated carbocycles. The highest BCUT2D eigenvalue weighted by Crippen LogP contribution is 2.39. The molecule has 12 aromatic carbocycles. The third kappa shape index (κ3) is 36.4. The smallest absolute Gasteiger partial charge is 0.271 e. The topological polar surface area (TPSA) is 485 Å². The number of unbranched alkanes of at least 4 members (excludes halogenated alkanes) is 1. The van der Waals surface area contributed by atoms with Crippen LogP contribution in [-0.4, -0.2) is 96.6 Å². The van der Waals surface area contributed by atoms with E-state index in [1.807, 2.05) is 171 Å². The predicted molar refractivity (Wildman–Crippen MR) is 526 cm³/mol. The van der Waals surface area contributed by atoms with E-state index < -0.39 is 24.6 Å². The van der Waals surface area contributed by atoms with Crippen LogP contribution in [0.5, 0.6) is 0 Å². The molecular formula is C97H92Br2N24O12. The number of nitrogens with zero attached hydrogens (tertiary/aromatic N) is 24. The molecule has 12 aromatic rings. The number of rotatable bonds is 38. The Balaban J connectivity index is 0.000000230. The van der Waals surface area contributed by atoms with E-state index in [2.05, 4.69) is 153 Å². The molecule has 686 valence electrons. The Hall–Kier alpha value is -17.1.